The highest BCUT2D eigenvalue weighted by atomic mass is 32.1. The highest BCUT2D eigenvalue weighted by Crippen LogP contribution is 2.56. The van der Waals surface area contributed by atoms with Crippen LogP contribution in [0.1, 0.15) is 72.2 Å². The highest BCUT2D eigenvalue weighted by molar-refractivity contribution is 7.80. The second-order valence-corrected chi connectivity index (χ2v) is 25.5. The van der Waals surface area contributed by atoms with E-state index >= 15 is 0 Å². The maximum Gasteiger partial charge on any atom is 0.0361 e. The van der Waals surface area contributed by atoms with E-state index in [2.05, 4.69) is 222 Å². The topological polar surface area (TPSA) is 20.2 Å². The fourth-order valence-electron chi connectivity index (χ4n) is 14.3. The van der Waals surface area contributed by atoms with Crippen LogP contribution in [0.5, 0.6) is 0 Å². The Morgan fingerprint density at radius 3 is 0.759 bits per heavy atom. The molecule has 0 spiro atoms. The minimum atomic E-state index is -0.246. The van der Waals surface area contributed by atoms with Gasteiger partial charge in [-0.25, -0.2) is 0 Å². The van der Waals surface area contributed by atoms with Gasteiger partial charge in [-0.05, 0) is 182 Å². The number of rotatable bonds is 8. The molecular formula is C73H60OS5. The largest absolute Gasteiger partial charge is 0.400 e. The zero-order chi connectivity index (χ0) is 54.3. The zero-order valence-electron chi connectivity index (χ0n) is 44.9. The molecule has 4 aliphatic rings. The first-order valence-electron chi connectivity index (χ1n) is 27.3. The van der Waals surface area contributed by atoms with E-state index < -0.39 is 0 Å². The van der Waals surface area contributed by atoms with Gasteiger partial charge >= 0.3 is 0 Å². The van der Waals surface area contributed by atoms with Crippen LogP contribution in [0.3, 0.4) is 0 Å². The van der Waals surface area contributed by atoms with Gasteiger partial charge in [-0.1, -0.05) is 173 Å². The molecule has 1 heterocycles. The minimum absolute atomic E-state index is 0.135. The van der Waals surface area contributed by atoms with Crippen LogP contribution in [0.2, 0.25) is 0 Å². The van der Waals surface area contributed by atoms with Gasteiger partial charge in [0, 0.05) is 72.0 Å². The van der Waals surface area contributed by atoms with Crippen LogP contribution in [0.4, 0.5) is 0 Å². The van der Waals surface area contributed by atoms with Crippen molar-refractivity contribution in [3.8, 4) is 89.0 Å². The van der Waals surface area contributed by atoms with E-state index in [1.807, 2.05) is 11.3 Å². The Kier molecular flexibility index (Phi) is 12.0. The van der Waals surface area contributed by atoms with Gasteiger partial charge in [-0.2, -0.15) is 50.5 Å². The predicted octanol–water partition coefficient (Wildman–Crippen LogP) is 19.2. The van der Waals surface area contributed by atoms with Crippen molar-refractivity contribution in [2.75, 3.05) is 30.1 Å². The van der Waals surface area contributed by atoms with Gasteiger partial charge in [-0.15, -0.1) is 11.3 Å². The van der Waals surface area contributed by atoms with Crippen molar-refractivity contribution >= 4 is 82.0 Å². The van der Waals surface area contributed by atoms with Crippen LogP contribution in [0, 0.1) is 0 Å². The molecule has 0 bridgehead atoms. The van der Waals surface area contributed by atoms with E-state index in [4.69, 9.17) is 55.6 Å². The summed E-state index contributed by atoms with van der Waals surface area (Å²) >= 11 is 21.9. The molecule has 0 saturated carbocycles. The highest BCUT2D eigenvalue weighted by Gasteiger charge is 2.43. The van der Waals surface area contributed by atoms with Crippen LogP contribution in [0.25, 0.3) is 109 Å². The van der Waals surface area contributed by atoms with Crippen molar-refractivity contribution in [3.05, 3.63) is 239 Å². The van der Waals surface area contributed by atoms with Crippen LogP contribution in [0.15, 0.2) is 194 Å². The first-order chi connectivity index (χ1) is 38.4. The van der Waals surface area contributed by atoms with Gasteiger partial charge in [0.15, 0.2) is 0 Å². The molecule has 11 aromatic rings. The lowest BCUT2D eigenvalue weighted by molar-refractivity contribution is 0.399. The van der Waals surface area contributed by atoms with Gasteiger partial charge in [0.2, 0.25) is 0 Å². The maximum absolute atomic E-state index is 7.00. The van der Waals surface area contributed by atoms with Gasteiger partial charge in [-0.3, -0.25) is 0 Å². The summed E-state index contributed by atoms with van der Waals surface area (Å²) in [6, 6.07) is 74.3. The molecule has 1 nitrogen and oxygen atoms in total. The Hall–Kier alpha value is -6.22. The second kappa shape index (κ2) is 18.7. The number of benzene rings is 10. The Bertz CT molecular complexity index is 4100. The summed E-state index contributed by atoms with van der Waals surface area (Å²) < 4.78 is 2.61. The van der Waals surface area contributed by atoms with Crippen molar-refractivity contribution in [1.82, 2.24) is 0 Å². The first-order valence-corrected chi connectivity index (χ1v) is 30.7. The molecule has 4 aliphatic carbocycles. The molecule has 4 atom stereocenters. The number of fused-ring (bicyclic) bond motifs is 15. The maximum atomic E-state index is 7.00. The van der Waals surface area contributed by atoms with E-state index in [1.165, 1.54) is 154 Å². The molecule has 15 rings (SSSR count). The van der Waals surface area contributed by atoms with E-state index in [0.29, 0.717) is 11.5 Å². The number of thiophene rings is 1. The molecule has 1 N–H and O–H groups in total. The number of aliphatic hydroxyl groups is 1. The second-order valence-electron chi connectivity index (χ2n) is 23.1. The number of aliphatic hydroxyl groups excluding tert-OH is 1. The molecule has 0 aliphatic heterocycles. The molecule has 6 heteroatoms. The minimum Gasteiger partial charge on any atom is -0.400 e. The Morgan fingerprint density at radius 1 is 0.278 bits per heavy atom. The van der Waals surface area contributed by atoms with Gasteiger partial charge in [0.25, 0.3) is 0 Å². The lowest BCUT2D eigenvalue weighted by Crippen LogP contribution is -2.23. The third-order valence-electron chi connectivity index (χ3n) is 19.0. The molecule has 0 radical (unpaired) electrons. The van der Waals surface area contributed by atoms with E-state index in [1.54, 1.807) is 0 Å². The van der Waals surface area contributed by atoms with Crippen molar-refractivity contribution < 1.29 is 5.11 Å². The van der Waals surface area contributed by atoms with Crippen molar-refractivity contribution in [2.24, 2.45) is 0 Å². The molecular weight excluding hydrogens is 1050 g/mol. The molecule has 0 amide bonds. The summed E-state index contributed by atoms with van der Waals surface area (Å²) in [5.74, 6) is 2.94. The lowest BCUT2D eigenvalue weighted by atomic mass is 9.79. The number of thiol groups is 4. The summed E-state index contributed by atoms with van der Waals surface area (Å²) in [7, 11) is 1.00. The van der Waals surface area contributed by atoms with Gasteiger partial charge in [0.05, 0.1) is 0 Å². The van der Waals surface area contributed by atoms with Crippen LogP contribution >= 0.6 is 61.9 Å². The molecule has 0 saturated heterocycles. The van der Waals surface area contributed by atoms with Crippen molar-refractivity contribution in [1.29, 1.82) is 0 Å². The SMILES string of the molecule is CC1(CS)c2ccccc2-c2ccc(-c3ccc4c(c3)C(C)(CS)c3cc(-c5ccc6c(c5)sc5cc(-c7ccc8c(c7)C(C)(CS)c7cc(-c9ccc%10c(c9)C(C)(CS)c9ccccc9-%10)ccc7-8)ccc56)ccc3-4)cc21.CO. The van der Waals surface area contributed by atoms with Crippen LogP contribution in [-0.2, 0) is 21.7 Å². The third kappa shape index (κ3) is 7.24. The summed E-state index contributed by atoms with van der Waals surface area (Å²) in [4.78, 5) is 0. The number of hydrogen-bond donors (Lipinski definition) is 5. The van der Waals surface area contributed by atoms with Crippen molar-refractivity contribution in [3.63, 3.8) is 0 Å². The fraction of sp³-hybridized carbons (Fsp3) is 0.178. The lowest BCUT2D eigenvalue weighted by Gasteiger charge is -2.27. The summed E-state index contributed by atoms with van der Waals surface area (Å²) in [5, 5.41) is 9.61. The van der Waals surface area contributed by atoms with E-state index in [-0.39, 0.29) is 21.7 Å². The Morgan fingerprint density at radius 2 is 0.494 bits per heavy atom. The summed E-state index contributed by atoms with van der Waals surface area (Å²) in [6.07, 6.45) is 0. The van der Waals surface area contributed by atoms with Crippen LogP contribution in [-0.4, -0.2) is 35.2 Å². The Balaban J connectivity index is 0.00000279. The number of hydrogen-bond acceptors (Lipinski definition) is 6. The predicted molar refractivity (Wildman–Crippen MR) is 352 cm³/mol. The normalized spacial score (nSPS) is 20.4. The van der Waals surface area contributed by atoms with E-state index in [9.17, 15) is 0 Å². The molecule has 0 fully saturated rings. The average molecular weight is 1110 g/mol. The zero-order valence-corrected chi connectivity index (χ0v) is 49.3. The quantitative estimate of drug-likeness (QED) is 0.0961. The fourth-order valence-corrected chi connectivity index (χ4v) is 16.8. The van der Waals surface area contributed by atoms with E-state index in [0.717, 1.165) is 18.6 Å². The Labute approximate surface area is 490 Å². The van der Waals surface area contributed by atoms with Gasteiger partial charge in [0.1, 0.15) is 0 Å². The monoisotopic (exact) mass is 1110 g/mol. The average Bonchev–Trinajstić information content (AvgIpc) is 4.38. The molecule has 4 unspecified atom stereocenters. The summed E-state index contributed by atoms with van der Waals surface area (Å²) in [5.41, 5.74) is 30.6. The molecule has 388 valence electrons. The van der Waals surface area contributed by atoms with Crippen LogP contribution < -0.4 is 0 Å². The third-order valence-corrected chi connectivity index (χ3v) is 22.6. The smallest absolute Gasteiger partial charge is 0.0361 e. The molecule has 10 aromatic carbocycles. The molecule has 79 heavy (non-hydrogen) atoms. The molecule has 1 aromatic heterocycles. The first kappa shape index (κ1) is 51.0. The standard InChI is InChI=1S/C72H56S5.CH4O/c1-69(37-73)59-11-7-5-9-49(59)51-21-13-41(29-61(51)69)43-15-23-53-55-25-17-45(33-65(55)71(3,39-75)63(53)31-43)47-19-27-57-58-28-20-48(36-68(58)77-67(57)35-47)46-18-26-56-54-24-16-44(32-64(54)72(4,40-76)66(56)34-46)42-14-22-52-50-10-6-8-12-60(50)70(2,38-74)62(52)30-42;1-2/h5-36,73-76H,37-40H2,1-4H3;2H,1H3. The van der Waals surface area contributed by atoms with Gasteiger partial charge < -0.3 is 5.11 Å². The van der Waals surface area contributed by atoms with Crippen molar-refractivity contribution in [2.45, 2.75) is 49.4 Å². The summed E-state index contributed by atoms with van der Waals surface area (Å²) in [6.45, 7) is 9.45.